The molecule has 27 heavy (non-hydrogen) atoms. The molecule has 2 unspecified atom stereocenters. The van der Waals surface area contributed by atoms with E-state index in [9.17, 15) is 29.1 Å². The Morgan fingerprint density at radius 1 is 1.37 bits per heavy atom. The highest BCUT2D eigenvalue weighted by Crippen LogP contribution is 2.40. The molecule has 2 atom stereocenters. The van der Waals surface area contributed by atoms with E-state index in [1.807, 2.05) is 0 Å². The lowest BCUT2D eigenvalue weighted by Gasteiger charge is -2.49. The number of hydrogen-bond donors (Lipinski definition) is 2. The normalized spacial score (nSPS) is 21.1. The molecule has 0 spiro atoms. The number of nitrogens with one attached hydrogen (secondary N) is 1. The van der Waals surface area contributed by atoms with Crippen LogP contribution >= 0.6 is 23.5 Å². The van der Waals surface area contributed by atoms with Crippen molar-refractivity contribution >= 4 is 52.5 Å². The van der Waals surface area contributed by atoms with Gasteiger partial charge in [0.2, 0.25) is 5.91 Å². The smallest absolute Gasteiger partial charge is 0.352 e. The number of amides is 3. The number of carboxylic acids is 1. The van der Waals surface area contributed by atoms with Gasteiger partial charge in [0.1, 0.15) is 23.7 Å². The fourth-order valence-corrected chi connectivity index (χ4v) is 4.38. The first-order chi connectivity index (χ1) is 12.6. The lowest BCUT2D eigenvalue weighted by Crippen LogP contribution is -2.70. The van der Waals surface area contributed by atoms with E-state index in [1.165, 1.54) is 23.6 Å². The van der Waals surface area contributed by atoms with Gasteiger partial charge in [-0.2, -0.15) is 0 Å². The molecule has 1 fully saturated rings. The van der Waals surface area contributed by atoms with E-state index in [2.05, 4.69) is 5.32 Å². The Morgan fingerprint density at radius 2 is 2.04 bits per heavy atom. The molecule has 2 aliphatic rings. The number of aliphatic carboxylic acids is 1. The van der Waals surface area contributed by atoms with Crippen LogP contribution in [0, 0.1) is 0 Å². The minimum Gasteiger partial charge on any atom is -0.477 e. The number of esters is 1. The second kappa shape index (κ2) is 8.65. The summed E-state index contributed by atoms with van der Waals surface area (Å²) in [7, 11) is 3.12. The number of ether oxygens (including phenoxy) is 1. The van der Waals surface area contributed by atoms with Crippen LogP contribution in [0.25, 0.3) is 0 Å². The average molecular weight is 417 g/mol. The molecule has 2 aliphatic heterocycles. The van der Waals surface area contributed by atoms with Crippen molar-refractivity contribution in [1.82, 2.24) is 15.1 Å². The van der Waals surface area contributed by atoms with Crippen LogP contribution < -0.4 is 5.32 Å². The molecule has 0 aromatic carbocycles. The lowest BCUT2D eigenvalue weighted by molar-refractivity contribution is -0.150. The summed E-state index contributed by atoms with van der Waals surface area (Å²) in [5, 5.41) is 11.1. The summed E-state index contributed by atoms with van der Waals surface area (Å²) in [6.45, 7) is 1.000. The first-order valence-electron chi connectivity index (χ1n) is 7.80. The monoisotopic (exact) mass is 417 g/mol. The van der Waals surface area contributed by atoms with Gasteiger partial charge in [-0.15, -0.1) is 11.8 Å². The zero-order valence-electron chi connectivity index (χ0n) is 14.9. The maximum atomic E-state index is 12.4. The van der Waals surface area contributed by atoms with Crippen molar-refractivity contribution in [3.8, 4) is 0 Å². The van der Waals surface area contributed by atoms with Crippen molar-refractivity contribution < 1.29 is 33.8 Å². The summed E-state index contributed by atoms with van der Waals surface area (Å²) >= 11 is 2.08. The number of hydrogen-bond acceptors (Lipinski definition) is 8. The third-order valence-electron chi connectivity index (χ3n) is 3.71. The number of β-lactam (4-membered cyclic amide) rings is 1. The van der Waals surface area contributed by atoms with Crippen molar-refractivity contribution in [2.24, 2.45) is 0 Å². The van der Waals surface area contributed by atoms with Crippen molar-refractivity contribution in [3.05, 3.63) is 11.3 Å². The molecule has 2 rings (SSSR count). The van der Waals surface area contributed by atoms with Crippen LogP contribution in [-0.4, -0.2) is 87.5 Å². The first kappa shape index (κ1) is 21.1. The van der Waals surface area contributed by atoms with Crippen molar-refractivity contribution in [2.75, 3.05) is 32.2 Å². The van der Waals surface area contributed by atoms with Crippen LogP contribution in [0.4, 0.5) is 4.79 Å². The third-order valence-corrected chi connectivity index (χ3v) is 6.07. The number of fused-ring (bicyclic) bond motifs is 1. The van der Waals surface area contributed by atoms with Crippen LogP contribution in [0.3, 0.4) is 0 Å². The van der Waals surface area contributed by atoms with Crippen LogP contribution in [0.5, 0.6) is 0 Å². The molecule has 2 heterocycles. The predicted octanol–water partition coefficient (Wildman–Crippen LogP) is -0.297. The summed E-state index contributed by atoms with van der Waals surface area (Å²) in [6.07, 6.45) is 0. The second-order valence-corrected chi connectivity index (χ2v) is 7.97. The van der Waals surface area contributed by atoms with E-state index in [-0.39, 0.29) is 29.0 Å². The highest BCUT2D eigenvalue weighted by atomic mass is 32.2. The first-order valence-corrected chi connectivity index (χ1v) is 9.83. The molecular weight excluding hydrogens is 398 g/mol. The minimum atomic E-state index is -1.30. The number of thioether (sulfide) groups is 2. The Morgan fingerprint density at radius 3 is 2.59 bits per heavy atom. The molecule has 0 bridgehead atoms. The van der Waals surface area contributed by atoms with Crippen LogP contribution in [0.1, 0.15) is 6.92 Å². The highest BCUT2D eigenvalue weighted by Gasteiger charge is 2.54. The van der Waals surface area contributed by atoms with Crippen LogP contribution in [0.2, 0.25) is 0 Å². The van der Waals surface area contributed by atoms with Gasteiger partial charge in [0, 0.05) is 32.3 Å². The molecular formula is C15H19N3O7S2. The second-order valence-electron chi connectivity index (χ2n) is 5.94. The molecule has 0 radical (unpaired) electrons. The van der Waals surface area contributed by atoms with Gasteiger partial charge in [0.25, 0.3) is 11.1 Å². The van der Waals surface area contributed by atoms with E-state index in [0.29, 0.717) is 5.57 Å². The van der Waals surface area contributed by atoms with Gasteiger partial charge in [-0.25, -0.2) is 4.79 Å². The van der Waals surface area contributed by atoms with E-state index < -0.39 is 35.2 Å². The zero-order chi connectivity index (χ0) is 20.3. The molecule has 148 valence electrons. The Kier molecular flexibility index (Phi) is 6.76. The van der Waals surface area contributed by atoms with Crippen molar-refractivity contribution in [3.63, 3.8) is 0 Å². The van der Waals surface area contributed by atoms with Crippen LogP contribution in [-0.2, 0) is 23.9 Å². The van der Waals surface area contributed by atoms with Gasteiger partial charge in [-0.3, -0.25) is 24.1 Å². The Labute approximate surface area is 163 Å². The zero-order valence-corrected chi connectivity index (χ0v) is 16.5. The van der Waals surface area contributed by atoms with Gasteiger partial charge < -0.3 is 20.1 Å². The van der Waals surface area contributed by atoms with Gasteiger partial charge in [-0.05, 0) is 0 Å². The van der Waals surface area contributed by atoms with Crippen molar-refractivity contribution in [1.29, 1.82) is 0 Å². The molecule has 0 aliphatic carbocycles. The van der Waals surface area contributed by atoms with E-state index >= 15 is 0 Å². The molecule has 0 aromatic heterocycles. The summed E-state index contributed by atoms with van der Waals surface area (Å²) < 4.78 is 4.85. The molecule has 0 saturated carbocycles. The number of carbonyl (C=O) groups excluding carboxylic acids is 4. The summed E-state index contributed by atoms with van der Waals surface area (Å²) in [4.78, 5) is 60.8. The van der Waals surface area contributed by atoms with Gasteiger partial charge >= 0.3 is 11.9 Å². The minimum absolute atomic E-state index is 0.141. The molecule has 3 amide bonds. The molecule has 2 N–H and O–H groups in total. The quantitative estimate of drug-likeness (QED) is 0.441. The average Bonchev–Trinajstić information content (AvgIpc) is 2.60. The SMILES string of the molecule is CC(=O)OCC1=C(C(=O)O)N2C(=O)C(NC(=O)CSC(=O)N(C)C)C2SC1. The lowest BCUT2D eigenvalue weighted by atomic mass is 10.0. The maximum absolute atomic E-state index is 12.4. The maximum Gasteiger partial charge on any atom is 0.352 e. The van der Waals surface area contributed by atoms with E-state index in [1.54, 1.807) is 14.1 Å². The fraction of sp³-hybridized carbons (Fsp3) is 0.533. The van der Waals surface area contributed by atoms with Crippen LogP contribution in [0.15, 0.2) is 11.3 Å². The highest BCUT2D eigenvalue weighted by molar-refractivity contribution is 8.14. The molecule has 12 heteroatoms. The Balaban J connectivity index is 2.02. The topological polar surface area (TPSA) is 133 Å². The standard InChI is InChI=1S/C15H19N3O7S2/c1-7(19)25-4-8-5-26-13-10(12(21)18(13)11(8)14(22)23)16-9(20)6-27-15(24)17(2)3/h10,13H,4-6H2,1-3H3,(H,16,20)(H,22,23). The van der Waals surface area contributed by atoms with Gasteiger partial charge in [-0.1, -0.05) is 11.8 Å². The molecule has 1 saturated heterocycles. The molecule has 10 nitrogen and oxygen atoms in total. The third kappa shape index (κ3) is 4.75. The molecule has 0 aromatic rings. The summed E-state index contributed by atoms with van der Waals surface area (Å²) in [6, 6.07) is -0.859. The Hall–Kier alpha value is -2.21. The van der Waals surface area contributed by atoms with Gasteiger partial charge in [0.15, 0.2) is 0 Å². The van der Waals surface area contributed by atoms with Crippen molar-refractivity contribution in [2.45, 2.75) is 18.3 Å². The van der Waals surface area contributed by atoms with E-state index in [4.69, 9.17) is 4.74 Å². The summed E-state index contributed by atoms with van der Waals surface area (Å²) in [5.41, 5.74) is 0.108. The predicted molar refractivity (Wildman–Crippen MR) is 97.9 cm³/mol. The number of carbonyl (C=O) groups is 5. The number of rotatable bonds is 6. The fourth-order valence-electron chi connectivity index (χ4n) is 2.45. The Bertz CT molecular complexity index is 722. The largest absolute Gasteiger partial charge is 0.477 e. The summed E-state index contributed by atoms with van der Waals surface area (Å²) in [5.74, 6) is -2.78. The number of nitrogens with zero attached hydrogens (tertiary/aromatic N) is 2. The van der Waals surface area contributed by atoms with Gasteiger partial charge in [0.05, 0.1) is 5.75 Å². The van der Waals surface area contributed by atoms with E-state index in [0.717, 1.165) is 16.7 Å². The number of carboxylic acid groups (broad SMARTS) is 1.